The maximum Gasteiger partial charge on any atom is 0.114 e. The Morgan fingerprint density at radius 3 is 3.18 bits per heavy atom. The normalized spacial score (nSPS) is 25.3. The molecule has 0 bridgehead atoms. The molecule has 1 aromatic heterocycles. The second-order valence-corrected chi connectivity index (χ2v) is 4.70. The summed E-state index contributed by atoms with van der Waals surface area (Å²) in [5.74, 6) is 0. The van der Waals surface area contributed by atoms with Gasteiger partial charge in [-0.2, -0.15) is 0 Å². The summed E-state index contributed by atoms with van der Waals surface area (Å²) in [5.41, 5.74) is 7.83. The highest BCUT2D eigenvalue weighted by Crippen LogP contribution is 2.24. The Morgan fingerprint density at radius 2 is 2.35 bits per heavy atom. The van der Waals surface area contributed by atoms with Crippen molar-refractivity contribution in [1.82, 2.24) is 15.0 Å². The van der Waals surface area contributed by atoms with Crippen LogP contribution in [0.25, 0.3) is 11.0 Å². The summed E-state index contributed by atoms with van der Waals surface area (Å²) < 4.78 is 7.30. The van der Waals surface area contributed by atoms with Gasteiger partial charge in [-0.1, -0.05) is 16.8 Å². The van der Waals surface area contributed by atoms with Crippen LogP contribution in [0.5, 0.6) is 0 Å². The Morgan fingerprint density at radius 1 is 1.47 bits per heavy atom. The van der Waals surface area contributed by atoms with Gasteiger partial charge >= 0.3 is 0 Å². The van der Waals surface area contributed by atoms with Crippen LogP contribution in [0.1, 0.15) is 12.5 Å². The van der Waals surface area contributed by atoms with Crippen LogP contribution in [0.15, 0.2) is 18.2 Å². The van der Waals surface area contributed by atoms with E-state index in [4.69, 9.17) is 22.1 Å². The zero-order valence-corrected chi connectivity index (χ0v) is 9.97. The number of halogens is 1. The molecule has 1 fully saturated rings. The SMILES string of the molecule is N[C@@H]1CCOC[C@H]1n1nnc2cc(Cl)ccc21. The molecule has 3 rings (SSSR count). The fourth-order valence-corrected chi connectivity index (χ4v) is 2.32. The van der Waals surface area contributed by atoms with Crippen LogP contribution in [0, 0.1) is 0 Å². The topological polar surface area (TPSA) is 66.0 Å². The molecule has 90 valence electrons. The van der Waals surface area contributed by atoms with E-state index < -0.39 is 0 Å². The number of fused-ring (bicyclic) bond motifs is 1. The molecule has 1 aliphatic heterocycles. The van der Waals surface area contributed by atoms with E-state index >= 15 is 0 Å². The van der Waals surface area contributed by atoms with Crippen molar-refractivity contribution < 1.29 is 4.74 Å². The summed E-state index contributed by atoms with van der Waals surface area (Å²) in [7, 11) is 0. The first-order valence-corrected chi connectivity index (χ1v) is 5.97. The fourth-order valence-electron chi connectivity index (χ4n) is 2.15. The molecule has 0 unspecified atom stereocenters. The summed E-state index contributed by atoms with van der Waals surface area (Å²) in [6.07, 6.45) is 0.847. The second kappa shape index (κ2) is 4.25. The average molecular weight is 253 g/mol. The van der Waals surface area contributed by atoms with Crippen molar-refractivity contribution in [2.45, 2.75) is 18.5 Å². The monoisotopic (exact) mass is 252 g/mol. The number of nitrogens with two attached hydrogens (primary N) is 1. The lowest BCUT2D eigenvalue weighted by molar-refractivity contribution is 0.0434. The van der Waals surface area contributed by atoms with E-state index in [-0.39, 0.29) is 12.1 Å². The molecule has 0 saturated carbocycles. The Kier molecular flexibility index (Phi) is 2.74. The molecule has 0 spiro atoms. The van der Waals surface area contributed by atoms with Crippen LogP contribution in [0.2, 0.25) is 5.02 Å². The molecule has 1 aromatic carbocycles. The first-order chi connectivity index (χ1) is 8.25. The van der Waals surface area contributed by atoms with Gasteiger partial charge in [-0.3, -0.25) is 0 Å². The third kappa shape index (κ3) is 1.90. The summed E-state index contributed by atoms with van der Waals surface area (Å²) in [6.45, 7) is 1.30. The van der Waals surface area contributed by atoms with Gasteiger partial charge < -0.3 is 10.5 Å². The summed E-state index contributed by atoms with van der Waals surface area (Å²) >= 11 is 5.92. The largest absolute Gasteiger partial charge is 0.379 e. The van der Waals surface area contributed by atoms with Crippen molar-refractivity contribution >= 4 is 22.6 Å². The van der Waals surface area contributed by atoms with Crippen molar-refractivity contribution in [3.63, 3.8) is 0 Å². The van der Waals surface area contributed by atoms with Crippen LogP contribution in [-0.4, -0.2) is 34.2 Å². The first-order valence-electron chi connectivity index (χ1n) is 5.59. The zero-order valence-electron chi connectivity index (χ0n) is 9.21. The Balaban J connectivity index is 2.05. The Labute approximate surface area is 103 Å². The van der Waals surface area contributed by atoms with E-state index in [1.165, 1.54) is 0 Å². The third-order valence-electron chi connectivity index (χ3n) is 3.13. The molecule has 1 aliphatic rings. The molecular weight excluding hydrogens is 240 g/mol. The highest BCUT2D eigenvalue weighted by molar-refractivity contribution is 6.31. The van der Waals surface area contributed by atoms with Gasteiger partial charge in [-0.15, -0.1) is 5.10 Å². The number of aromatic nitrogens is 3. The zero-order chi connectivity index (χ0) is 11.8. The van der Waals surface area contributed by atoms with E-state index in [9.17, 15) is 0 Å². The molecule has 17 heavy (non-hydrogen) atoms. The van der Waals surface area contributed by atoms with Gasteiger partial charge in [-0.05, 0) is 24.6 Å². The lowest BCUT2D eigenvalue weighted by atomic mass is 10.0. The van der Waals surface area contributed by atoms with Gasteiger partial charge in [0.1, 0.15) is 5.52 Å². The molecule has 1 saturated heterocycles. The van der Waals surface area contributed by atoms with Gasteiger partial charge in [0.2, 0.25) is 0 Å². The minimum atomic E-state index is 0.0509. The standard InChI is InChI=1S/C11H13ClN4O/c12-7-1-2-10-9(5-7)14-15-16(10)11-6-17-4-3-8(11)13/h1-2,5,8,11H,3-4,6,13H2/t8-,11-/m1/s1. The summed E-state index contributed by atoms with van der Waals surface area (Å²) in [4.78, 5) is 0. The molecule has 0 aliphatic carbocycles. The van der Waals surface area contributed by atoms with E-state index in [1.54, 1.807) is 6.07 Å². The molecule has 6 heteroatoms. The van der Waals surface area contributed by atoms with E-state index in [0.29, 0.717) is 11.6 Å². The van der Waals surface area contributed by atoms with E-state index in [2.05, 4.69) is 10.3 Å². The van der Waals surface area contributed by atoms with Crippen LogP contribution in [0.4, 0.5) is 0 Å². The van der Waals surface area contributed by atoms with Crippen LogP contribution in [-0.2, 0) is 4.74 Å². The highest BCUT2D eigenvalue weighted by Gasteiger charge is 2.26. The average Bonchev–Trinajstić information content (AvgIpc) is 2.72. The maximum absolute atomic E-state index is 6.10. The van der Waals surface area contributed by atoms with Gasteiger partial charge in [0.05, 0.1) is 18.2 Å². The second-order valence-electron chi connectivity index (χ2n) is 4.26. The van der Waals surface area contributed by atoms with Gasteiger partial charge in [0.15, 0.2) is 0 Å². The molecule has 0 amide bonds. The molecule has 2 atom stereocenters. The number of benzene rings is 1. The van der Waals surface area contributed by atoms with Crippen LogP contribution < -0.4 is 5.73 Å². The number of rotatable bonds is 1. The van der Waals surface area contributed by atoms with E-state index in [1.807, 2.05) is 16.8 Å². The van der Waals surface area contributed by atoms with Crippen molar-refractivity contribution in [3.8, 4) is 0 Å². The summed E-state index contributed by atoms with van der Waals surface area (Å²) in [6, 6.07) is 5.66. The molecular formula is C11H13ClN4O. The Bertz CT molecular complexity index is 541. The van der Waals surface area contributed by atoms with Crippen molar-refractivity contribution in [2.24, 2.45) is 5.73 Å². The maximum atomic E-state index is 6.10. The van der Waals surface area contributed by atoms with Gasteiger partial charge in [-0.25, -0.2) is 4.68 Å². The smallest absolute Gasteiger partial charge is 0.114 e. The minimum absolute atomic E-state index is 0.0509. The highest BCUT2D eigenvalue weighted by atomic mass is 35.5. The van der Waals surface area contributed by atoms with Gasteiger partial charge in [0, 0.05) is 17.7 Å². The molecule has 2 N–H and O–H groups in total. The minimum Gasteiger partial charge on any atom is -0.379 e. The number of hydrogen-bond acceptors (Lipinski definition) is 4. The van der Waals surface area contributed by atoms with Crippen LogP contribution >= 0.6 is 11.6 Å². The molecule has 2 aromatic rings. The molecule has 5 nitrogen and oxygen atoms in total. The fraction of sp³-hybridized carbons (Fsp3) is 0.455. The predicted molar refractivity (Wildman–Crippen MR) is 65.0 cm³/mol. The first kappa shape index (κ1) is 11.0. The van der Waals surface area contributed by atoms with Crippen molar-refractivity contribution in [3.05, 3.63) is 23.2 Å². The number of ether oxygens (including phenoxy) is 1. The lowest BCUT2D eigenvalue weighted by Gasteiger charge is -2.28. The quantitative estimate of drug-likeness (QED) is 0.833. The van der Waals surface area contributed by atoms with Crippen molar-refractivity contribution in [1.29, 1.82) is 0 Å². The van der Waals surface area contributed by atoms with Crippen LogP contribution in [0.3, 0.4) is 0 Å². The van der Waals surface area contributed by atoms with E-state index in [0.717, 1.165) is 24.1 Å². The van der Waals surface area contributed by atoms with Crippen molar-refractivity contribution in [2.75, 3.05) is 13.2 Å². The predicted octanol–water partition coefficient (Wildman–Crippen LogP) is 1.37. The third-order valence-corrected chi connectivity index (χ3v) is 3.36. The Hall–Kier alpha value is -1.17. The number of nitrogens with zero attached hydrogens (tertiary/aromatic N) is 3. The summed E-state index contributed by atoms with van der Waals surface area (Å²) in [5, 5.41) is 8.93. The lowest BCUT2D eigenvalue weighted by Crippen LogP contribution is -2.40. The molecule has 2 heterocycles. The molecule has 0 radical (unpaired) electrons. The number of hydrogen-bond donors (Lipinski definition) is 1. The van der Waals surface area contributed by atoms with Gasteiger partial charge in [0.25, 0.3) is 0 Å².